The summed E-state index contributed by atoms with van der Waals surface area (Å²) in [4.78, 5) is 1.93. The van der Waals surface area contributed by atoms with Crippen LogP contribution in [0.2, 0.25) is 0 Å². The molecule has 84 valence electrons. The maximum Gasteiger partial charge on any atom is 0.257 e. The Morgan fingerprint density at radius 3 is 2.00 bits per heavy atom. The van der Waals surface area contributed by atoms with Gasteiger partial charge >= 0.3 is 0 Å². The third kappa shape index (κ3) is 2.89. The molecule has 15 heavy (non-hydrogen) atoms. The molecule has 0 radical (unpaired) electrons. The quantitative estimate of drug-likeness (QED) is 0.827. The molecule has 0 bridgehead atoms. The number of nitrogens with one attached hydrogen (secondary N) is 1. The first-order chi connectivity index (χ1) is 7.06. The van der Waals surface area contributed by atoms with E-state index in [1.54, 1.807) is 12.1 Å². The molecule has 4 heteroatoms. The largest absolute Gasteiger partial charge is 0.378 e. The highest BCUT2D eigenvalue weighted by atomic mass is 19.3. The molecule has 1 unspecified atom stereocenters. The minimum atomic E-state index is -2.39. The summed E-state index contributed by atoms with van der Waals surface area (Å²) in [5.74, 6) is 0. The van der Waals surface area contributed by atoms with Crippen molar-refractivity contribution in [2.45, 2.75) is 12.5 Å². The molecule has 1 aromatic rings. The van der Waals surface area contributed by atoms with Gasteiger partial charge in [-0.25, -0.2) is 8.78 Å². The van der Waals surface area contributed by atoms with E-state index in [4.69, 9.17) is 0 Å². The van der Waals surface area contributed by atoms with Crippen molar-refractivity contribution < 1.29 is 8.78 Å². The van der Waals surface area contributed by atoms with Crippen LogP contribution in [-0.2, 0) is 0 Å². The van der Waals surface area contributed by atoms with Crippen LogP contribution in [0.4, 0.5) is 14.5 Å². The summed E-state index contributed by atoms with van der Waals surface area (Å²) in [6, 6.07) is 6.23. The Hall–Kier alpha value is -1.16. The van der Waals surface area contributed by atoms with Crippen molar-refractivity contribution in [1.82, 2.24) is 5.32 Å². The molecule has 2 nitrogen and oxygen atoms in total. The van der Waals surface area contributed by atoms with E-state index in [2.05, 4.69) is 5.32 Å². The fraction of sp³-hybridized carbons (Fsp3) is 0.455. The summed E-state index contributed by atoms with van der Waals surface area (Å²) in [5, 5.41) is 2.60. The van der Waals surface area contributed by atoms with Crippen molar-refractivity contribution in [2.24, 2.45) is 0 Å². The second-order valence-corrected chi connectivity index (χ2v) is 3.59. The Morgan fingerprint density at radius 2 is 1.67 bits per heavy atom. The minimum absolute atomic E-state index is 0.609. The van der Waals surface area contributed by atoms with Gasteiger partial charge in [-0.05, 0) is 24.7 Å². The lowest BCUT2D eigenvalue weighted by Crippen LogP contribution is -2.23. The molecular formula is C11H16F2N2. The predicted molar refractivity (Wildman–Crippen MR) is 58.6 cm³/mol. The average molecular weight is 214 g/mol. The fourth-order valence-electron chi connectivity index (χ4n) is 1.42. The molecule has 0 spiro atoms. The molecule has 0 saturated carbocycles. The number of hydrogen-bond acceptors (Lipinski definition) is 2. The number of nitrogens with zero attached hydrogens (tertiary/aromatic N) is 1. The van der Waals surface area contributed by atoms with Crippen LogP contribution < -0.4 is 10.2 Å². The van der Waals surface area contributed by atoms with Crippen LogP contribution in [0.1, 0.15) is 11.6 Å². The highest BCUT2D eigenvalue weighted by Crippen LogP contribution is 2.22. The van der Waals surface area contributed by atoms with Crippen molar-refractivity contribution in [3.05, 3.63) is 29.8 Å². The molecule has 0 heterocycles. The van der Waals surface area contributed by atoms with Gasteiger partial charge in [-0.1, -0.05) is 12.1 Å². The normalized spacial score (nSPS) is 12.9. The SMILES string of the molecule is CNC(c1ccc(N(C)C)cc1)C(F)F. The van der Waals surface area contributed by atoms with Gasteiger partial charge in [0.15, 0.2) is 0 Å². The zero-order valence-corrected chi connectivity index (χ0v) is 9.17. The maximum atomic E-state index is 12.6. The molecule has 0 amide bonds. The van der Waals surface area contributed by atoms with Gasteiger partial charge in [0.05, 0.1) is 6.04 Å². The molecule has 0 aliphatic heterocycles. The van der Waals surface area contributed by atoms with E-state index < -0.39 is 12.5 Å². The number of alkyl halides is 2. The van der Waals surface area contributed by atoms with Gasteiger partial charge in [0, 0.05) is 19.8 Å². The molecule has 0 saturated heterocycles. The second-order valence-electron chi connectivity index (χ2n) is 3.59. The molecule has 0 aliphatic rings. The van der Waals surface area contributed by atoms with Gasteiger partial charge in [0.1, 0.15) is 0 Å². The Labute approximate surface area is 88.9 Å². The van der Waals surface area contributed by atoms with Crippen LogP contribution in [0.25, 0.3) is 0 Å². The molecule has 0 aliphatic carbocycles. The number of halogens is 2. The van der Waals surface area contributed by atoms with E-state index in [1.807, 2.05) is 31.1 Å². The second kappa shape index (κ2) is 5.07. The van der Waals surface area contributed by atoms with Crippen LogP contribution >= 0.6 is 0 Å². The zero-order chi connectivity index (χ0) is 11.4. The van der Waals surface area contributed by atoms with Crippen molar-refractivity contribution >= 4 is 5.69 Å². The van der Waals surface area contributed by atoms with Gasteiger partial charge in [-0.3, -0.25) is 0 Å². The molecular weight excluding hydrogens is 198 g/mol. The van der Waals surface area contributed by atoms with E-state index in [9.17, 15) is 8.78 Å². The summed E-state index contributed by atoms with van der Waals surface area (Å²) < 4.78 is 25.1. The Kier molecular flexibility index (Phi) is 4.03. The first kappa shape index (κ1) is 11.9. The van der Waals surface area contributed by atoms with Crippen LogP contribution in [0, 0.1) is 0 Å². The van der Waals surface area contributed by atoms with Crippen LogP contribution in [0.5, 0.6) is 0 Å². The lowest BCUT2D eigenvalue weighted by atomic mass is 10.1. The Bertz CT molecular complexity index is 296. The number of hydrogen-bond donors (Lipinski definition) is 1. The van der Waals surface area contributed by atoms with Crippen molar-refractivity contribution in [3.8, 4) is 0 Å². The van der Waals surface area contributed by atoms with E-state index in [0.29, 0.717) is 5.56 Å². The van der Waals surface area contributed by atoms with Crippen LogP contribution in [-0.4, -0.2) is 27.6 Å². The lowest BCUT2D eigenvalue weighted by Gasteiger charge is -2.17. The van der Waals surface area contributed by atoms with Gasteiger partial charge in [-0.2, -0.15) is 0 Å². The van der Waals surface area contributed by atoms with Gasteiger partial charge in [0.2, 0.25) is 0 Å². The van der Waals surface area contributed by atoms with Crippen LogP contribution in [0.3, 0.4) is 0 Å². The maximum absolute atomic E-state index is 12.6. The molecule has 0 fully saturated rings. The fourth-order valence-corrected chi connectivity index (χ4v) is 1.42. The van der Waals surface area contributed by atoms with Crippen molar-refractivity contribution in [1.29, 1.82) is 0 Å². The van der Waals surface area contributed by atoms with Crippen LogP contribution in [0.15, 0.2) is 24.3 Å². The highest BCUT2D eigenvalue weighted by Gasteiger charge is 2.19. The predicted octanol–water partition coefficient (Wildman–Crippen LogP) is 2.28. The third-order valence-electron chi connectivity index (χ3n) is 2.33. The Morgan fingerprint density at radius 1 is 1.13 bits per heavy atom. The summed E-state index contributed by atoms with van der Waals surface area (Å²) in [6.07, 6.45) is -2.39. The van der Waals surface area contributed by atoms with Crippen molar-refractivity contribution in [2.75, 3.05) is 26.0 Å². The standard InChI is InChI=1S/C11H16F2N2/c1-14-10(11(12)13)8-4-6-9(7-5-8)15(2)3/h4-7,10-11,14H,1-3H3. The first-order valence-corrected chi connectivity index (χ1v) is 4.79. The smallest absolute Gasteiger partial charge is 0.257 e. The summed E-state index contributed by atoms with van der Waals surface area (Å²) in [7, 11) is 5.37. The number of benzene rings is 1. The van der Waals surface area contributed by atoms with E-state index in [-0.39, 0.29) is 0 Å². The first-order valence-electron chi connectivity index (χ1n) is 4.79. The van der Waals surface area contributed by atoms with E-state index in [1.165, 1.54) is 7.05 Å². The Balaban J connectivity index is 2.87. The van der Waals surface area contributed by atoms with Crippen molar-refractivity contribution in [3.63, 3.8) is 0 Å². The topological polar surface area (TPSA) is 15.3 Å². The molecule has 1 aromatic carbocycles. The third-order valence-corrected chi connectivity index (χ3v) is 2.33. The number of rotatable bonds is 4. The van der Waals surface area contributed by atoms with Gasteiger partial charge in [-0.15, -0.1) is 0 Å². The van der Waals surface area contributed by atoms with E-state index in [0.717, 1.165) is 5.69 Å². The molecule has 1 N–H and O–H groups in total. The number of anilines is 1. The minimum Gasteiger partial charge on any atom is -0.378 e. The zero-order valence-electron chi connectivity index (χ0n) is 9.17. The monoisotopic (exact) mass is 214 g/mol. The molecule has 0 aromatic heterocycles. The molecule has 1 rings (SSSR count). The average Bonchev–Trinajstić information content (AvgIpc) is 2.19. The summed E-state index contributed by atoms with van der Waals surface area (Å²) in [5.41, 5.74) is 1.61. The highest BCUT2D eigenvalue weighted by molar-refractivity contribution is 5.46. The van der Waals surface area contributed by atoms with Gasteiger partial charge < -0.3 is 10.2 Å². The van der Waals surface area contributed by atoms with E-state index >= 15 is 0 Å². The summed E-state index contributed by atoms with van der Waals surface area (Å²) >= 11 is 0. The lowest BCUT2D eigenvalue weighted by molar-refractivity contribution is 0.102. The summed E-state index contributed by atoms with van der Waals surface area (Å²) in [6.45, 7) is 0. The van der Waals surface area contributed by atoms with Gasteiger partial charge in [0.25, 0.3) is 6.43 Å². The molecule has 1 atom stereocenters.